The van der Waals surface area contributed by atoms with Crippen LogP contribution in [0.2, 0.25) is 0 Å². The van der Waals surface area contributed by atoms with Crippen LogP contribution in [0.3, 0.4) is 0 Å². The van der Waals surface area contributed by atoms with E-state index >= 15 is 4.39 Å². The van der Waals surface area contributed by atoms with E-state index in [1.807, 2.05) is 27.7 Å². The van der Waals surface area contributed by atoms with E-state index in [0.29, 0.717) is 75.2 Å². The summed E-state index contributed by atoms with van der Waals surface area (Å²) in [6, 6.07) is 1.15. The van der Waals surface area contributed by atoms with Gasteiger partial charge in [0.05, 0.1) is 36.9 Å². The Morgan fingerprint density at radius 2 is 1.11 bits per heavy atom. The molecular formula is C75H103ClF3N3O19. The van der Waals surface area contributed by atoms with E-state index in [0.717, 1.165) is 69.2 Å². The highest BCUT2D eigenvalue weighted by atomic mass is 35.5. The Bertz CT molecular complexity index is 3580. The van der Waals surface area contributed by atoms with Crippen molar-refractivity contribution in [3.63, 3.8) is 0 Å². The lowest BCUT2D eigenvalue weighted by Crippen LogP contribution is -2.70. The van der Waals surface area contributed by atoms with E-state index in [2.05, 4.69) is 18.8 Å². The van der Waals surface area contributed by atoms with E-state index in [9.17, 15) is 83.2 Å². The van der Waals surface area contributed by atoms with E-state index in [1.165, 1.54) is 11.1 Å². The molecule has 11 fully saturated rings. The first-order valence-corrected chi connectivity index (χ1v) is 36.9. The summed E-state index contributed by atoms with van der Waals surface area (Å²) in [4.78, 5) is 88.6. The van der Waals surface area contributed by atoms with Crippen LogP contribution in [0.4, 0.5) is 19.0 Å². The zero-order valence-corrected chi connectivity index (χ0v) is 59.9. The van der Waals surface area contributed by atoms with Crippen LogP contribution in [0.25, 0.3) is 0 Å². The number of Topliss-reactive ketones (excluding diaryl/α,β-unsaturated/α-hetero) is 3. The van der Waals surface area contributed by atoms with Gasteiger partial charge >= 0.3 is 11.6 Å². The number of nitrogens with zero attached hydrogens (tertiary/aromatic N) is 2. The van der Waals surface area contributed by atoms with Gasteiger partial charge in [0.2, 0.25) is 6.23 Å². The standard InChI is InChI=1S/C24H32ClFO5.2C21H30O5.C9H11F2N3O4/c1-20(2)30-19-10-16-15-6-5-13-9-14(27)7-8-21(13,3)23(15,26)17(28)11-22(16,4)24(19,31-20)18(29)12-25;2*1-19-7-5-13(23)9-12(19)3-4-14-15-6-8-21(26,17(25)11-22)20(15,2)10-16(24)18(14)19;10-9(11)6(16)4(3-15)18-7(9)14-2-1-5(12)13-8(14)17/h9,15-17,19,28H,5-8,10-12H2,1-4H3;2*9,14-16,18,22,24,26H,3-8,10-11H2,1-2H3;1-2,4,6-7,15-16H,3H2,(H2,12,13,17)/t15-,16-,17-,19+,21-,22-,23-,24+;2*14-,15-,16-,18+,19-,20-,21-;4-,6-,7-/m0001/s1. The predicted molar refractivity (Wildman–Crippen MR) is 357 cm³/mol. The summed E-state index contributed by atoms with van der Waals surface area (Å²) in [5.41, 5.74) is -2.25. The molecule has 2 aliphatic heterocycles. The number of anilines is 1. The van der Waals surface area contributed by atoms with Gasteiger partial charge in [0.15, 0.2) is 52.2 Å². The van der Waals surface area contributed by atoms with Gasteiger partial charge in [-0.1, -0.05) is 58.3 Å². The van der Waals surface area contributed by atoms with Gasteiger partial charge in [-0.15, -0.1) is 11.6 Å². The lowest BCUT2D eigenvalue weighted by molar-refractivity contribution is -0.250. The number of halogens is 4. The minimum absolute atomic E-state index is 0.0377. The fraction of sp³-hybridized carbons (Fsp3) is 0.787. The molecule has 11 N–H and O–H groups in total. The first-order valence-electron chi connectivity index (χ1n) is 36.4. The monoisotopic (exact) mass is 1440 g/mol. The van der Waals surface area contributed by atoms with Crippen LogP contribution >= 0.6 is 11.6 Å². The number of carbonyl (C=O) groups excluding carboxylic acids is 6. The normalized spacial score (nSPS) is 47.6. The lowest BCUT2D eigenvalue weighted by Gasteiger charge is -2.63. The number of aromatic nitrogens is 2. The van der Waals surface area contributed by atoms with Crippen LogP contribution in [0.15, 0.2) is 52.0 Å². The maximum Gasteiger partial charge on any atom is 0.351 e. The molecule has 15 rings (SSSR count). The third-order valence-electron chi connectivity index (χ3n) is 29.5. The predicted octanol–water partition coefficient (Wildman–Crippen LogP) is 6.16. The highest BCUT2D eigenvalue weighted by Crippen LogP contribution is 2.74. The van der Waals surface area contributed by atoms with Gasteiger partial charge in [-0.25, -0.2) is 9.18 Å². The molecule has 1 aromatic rings. The molecule has 14 aliphatic rings. The Balaban J connectivity index is 0.000000129. The Labute approximate surface area is 591 Å². The molecule has 1 aromatic heterocycles. The molecule has 3 heterocycles. The van der Waals surface area contributed by atoms with E-state index in [-0.39, 0.29) is 93.5 Å². The molecule has 0 aromatic carbocycles. The molecule has 25 atom stereocenters. The summed E-state index contributed by atoms with van der Waals surface area (Å²) in [6.45, 7) is 13.5. The molecule has 0 bridgehead atoms. The van der Waals surface area contributed by atoms with Gasteiger partial charge < -0.3 is 65.9 Å². The van der Waals surface area contributed by atoms with Crippen LogP contribution in [-0.4, -0.2) is 187 Å². The number of alkyl halides is 4. The van der Waals surface area contributed by atoms with E-state index in [4.69, 9.17) is 36.7 Å². The fourth-order valence-corrected chi connectivity index (χ4v) is 24.8. The van der Waals surface area contributed by atoms with Crippen molar-refractivity contribution >= 4 is 52.1 Å². The Morgan fingerprint density at radius 3 is 1.57 bits per heavy atom. The molecule has 560 valence electrons. The fourth-order valence-electron chi connectivity index (χ4n) is 24.6. The molecule has 26 heteroatoms. The number of nitrogen functional groups attached to an aromatic ring is 1. The maximum atomic E-state index is 17.2. The van der Waals surface area contributed by atoms with Crippen molar-refractivity contribution in [2.45, 2.75) is 261 Å². The van der Waals surface area contributed by atoms with Crippen LogP contribution < -0.4 is 11.4 Å². The lowest BCUT2D eigenvalue weighted by atomic mass is 9.44. The second-order valence-corrected chi connectivity index (χ2v) is 34.5. The van der Waals surface area contributed by atoms with Crippen molar-refractivity contribution in [2.24, 2.45) is 79.8 Å². The molecule has 2 saturated heterocycles. The number of fused-ring (bicyclic) bond motifs is 17. The van der Waals surface area contributed by atoms with Crippen LogP contribution in [0.1, 0.15) is 190 Å². The number of rotatable bonds is 8. The second-order valence-electron chi connectivity index (χ2n) is 34.2. The topological polar surface area (TPSA) is 373 Å². The number of hydrogen-bond acceptors (Lipinski definition) is 21. The van der Waals surface area contributed by atoms with Crippen LogP contribution in [0, 0.1) is 79.8 Å². The molecule has 0 radical (unpaired) electrons. The average Bonchev–Trinajstić information content (AvgIpc) is 1.54. The molecule has 9 saturated carbocycles. The van der Waals surface area contributed by atoms with Crippen LogP contribution in [0.5, 0.6) is 0 Å². The number of ether oxygens (including phenoxy) is 3. The highest BCUT2D eigenvalue weighted by Gasteiger charge is 2.80. The SMILES string of the molecule is CC1(C)O[C@@H]2C[C@H]3[C@@H]4CCC5=CC(=O)CC[C@]5(C)[C@@]4(F)[C@@H](O)C[C@]3(C)[C@]2(C(=O)CCl)O1.C[C@]12CCC(=O)C=C1CC[C@@H]1[C@@H]2[C@@H](O)C[C@@]2(C)[C@H]1CC[C@]2(O)C(=O)CO.C[C@]12CCC(=O)C=C1CC[C@@H]1[C@@H]2[C@@H](O)C[C@@]2(C)[C@H]1CC[C@]2(O)C(=O)CO.Nc1ccn([C@@H]2O[C@H](CO)[C@@H](O)C2(F)F)c(=O)n1. The number of nitrogens with two attached hydrogens (primary N) is 1. The largest absolute Gasteiger partial charge is 0.394 e. The van der Waals surface area contributed by atoms with Crippen molar-refractivity contribution in [2.75, 3.05) is 31.4 Å². The van der Waals surface area contributed by atoms with Crippen molar-refractivity contribution < 1.29 is 102 Å². The molecule has 0 spiro atoms. The van der Waals surface area contributed by atoms with Crippen molar-refractivity contribution in [3.8, 4) is 0 Å². The van der Waals surface area contributed by atoms with Gasteiger partial charge in [-0.3, -0.25) is 33.3 Å². The number of aliphatic hydroxyl groups excluding tert-OH is 7. The summed E-state index contributed by atoms with van der Waals surface area (Å²) in [5.74, 6) is -5.56. The molecule has 12 aliphatic carbocycles. The molecule has 101 heavy (non-hydrogen) atoms. The molecule has 0 unspecified atom stereocenters. The Hall–Kier alpha value is -4.48. The zero-order chi connectivity index (χ0) is 73.9. The first kappa shape index (κ1) is 76.2. The third-order valence-corrected chi connectivity index (χ3v) is 29.8. The summed E-state index contributed by atoms with van der Waals surface area (Å²) in [6.07, 6.45) is 9.06. The number of ketones is 6. The van der Waals surface area contributed by atoms with Gasteiger partial charge in [0.25, 0.3) is 0 Å². The average molecular weight is 1440 g/mol. The first-order chi connectivity index (χ1) is 47.1. The number of aliphatic hydroxyl groups is 9. The number of carbonyl (C=O) groups is 6. The zero-order valence-electron chi connectivity index (χ0n) is 59.1. The van der Waals surface area contributed by atoms with Crippen molar-refractivity contribution in [1.82, 2.24) is 9.55 Å². The van der Waals surface area contributed by atoms with Gasteiger partial charge in [0.1, 0.15) is 42.0 Å². The van der Waals surface area contributed by atoms with Gasteiger partial charge in [-0.05, 0) is 200 Å². The van der Waals surface area contributed by atoms with Gasteiger partial charge in [-0.2, -0.15) is 13.8 Å². The summed E-state index contributed by atoms with van der Waals surface area (Å²) in [7, 11) is 0. The van der Waals surface area contributed by atoms with E-state index < -0.39 is 142 Å². The quantitative estimate of drug-likeness (QED) is 0.130. The van der Waals surface area contributed by atoms with Crippen LogP contribution in [-0.2, 0) is 43.0 Å². The van der Waals surface area contributed by atoms with E-state index in [1.54, 1.807) is 32.1 Å². The van der Waals surface area contributed by atoms with Crippen molar-refractivity contribution in [1.29, 1.82) is 0 Å². The maximum absolute atomic E-state index is 17.2. The molecule has 0 amide bonds. The summed E-state index contributed by atoms with van der Waals surface area (Å²) < 4.78 is 62.4. The molecule has 22 nitrogen and oxygen atoms in total. The Kier molecular flexibility index (Phi) is 19.5. The number of hydrogen-bond donors (Lipinski definition) is 10. The molecular weight excluding hydrogens is 1340 g/mol. The van der Waals surface area contributed by atoms with Crippen molar-refractivity contribution in [3.05, 3.63) is 57.7 Å². The van der Waals surface area contributed by atoms with Gasteiger partial charge in [0, 0.05) is 53.0 Å². The number of allylic oxidation sites excluding steroid dienone is 3. The smallest absolute Gasteiger partial charge is 0.351 e. The Morgan fingerprint density at radius 1 is 0.624 bits per heavy atom. The third kappa shape index (κ3) is 11.0. The minimum Gasteiger partial charge on any atom is -0.394 e. The second kappa shape index (κ2) is 25.9. The minimum atomic E-state index is -3.71. The summed E-state index contributed by atoms with van der Waals surface area (Å²) >= 11 is 6.05. The highest BCUT2D eigenvalue weighted by molar-refractivity contribution is 6.29. The summed E-state index contributed by atoms with van der Waals surface area (Å²) in [5, 5.41) is 93.0.